The van der Waals surface area contributed by atoms with E-state index in [1.807, 2.05) is 22.2 Å². The predicted molar refractivity (Wildman–Crippen MR) is 77.2 cm³/mol. The van der Waals surface area contributed by atoms with Crippen LogP contribution in [0.15, 0.2) is 23.7 Å². The van der Waals surface area contributed by atoms with Crippen molar-refractivity contribution in [1.82, 2.24) is 15.2 Å². The maximum absolute atomic E-state index is 6.17. The molecule has 1 atom stereocenters. The van der Waals surface area contributed by atoms with E-state index in [-0.39, 0.29) is 6.04 Å². The third kappa shape index (κ3) is 3.34. The van der Waals surface area contributed by atoms with E-state index in [1.165, 1.54) is 0 Å². The summed E-state index contributed by atoms with van der Waals surface area (Å²) in [5, 5.41) is 7.00. The van der Waals surface area contributed by atoms with Crippen LogP contribution in [0.25, 0.3) is 0 Å². The Hall–Kier alpha value is -0.920. The lowest BCUT2D eigenvalue weighted by Crippen LogP contribution is -2.30. The van der Waals surface area contributed by atoms with Crippen molar-refractivity contribution >= 4 is 22.9 Å². The van der Waals surface area contributed by atoms with Crippen molar-refractivity contribution in [2.45, 2.75) is 19.0 Å². The summed E-state index contributed by atoms with van der Waals surface area (Å²) in [5.74, 6) is 5.68. The van der Waals surface area contributed by atoms with Crippen LogP contribution < -0.4 is 11.3 Å². The lowest BCUT2D eigenvalue weighted by Gasteiger charge is -2.17. The molecule has 3 N–H and O–H groups in total. The van der Waals surface area contributed by atoms with Crippen molar-refractivity contribution in [3.8, 4) is 0 Å². The second-order valence-corrected chi connectivity index (χ2v) is 5.41. The lowest BCUT2D eigenvalue weighted by atomic mass is 10.2. The number of aryl methyl sites for hydroxylation is 1. The smallest absolute Gasteiger partial charge is 0.0984 e. The van der Waals surface area contributed by atoms with Crippen LogP contribution in [-0.4, -0.2) is 23.5 Å². The Morgan fingerprint density at radius 3 is 3.05 bits per heavy atom. The Balaban J connectivity index is 2.20. The summed E-state index contributed by atoms with van der Waals surface area (Å²) >= 11 is 7.75. The van der Waals surface area contributed by atoms with Gasteiger partial charge in [0.1, 0.15) is 0 Å². The number of halogens is 1. The molecule has 0 aromatic carbocycles. The highest BCUT2D eigenvalue weighted by molar-refractivity contribution is 7.10. The van der Waals surface area contributed by atoms with Crippen LogP contribution in [0.3, 0.4) is 0 Å². The van der Waals surface area contributed by atoms with Gasteiger partial charge in [-0.25, -0.2) is 5.43 Å². The Morgan fingerprint density at radius 1 is 1.58 bits per heavy atom. The number of hydrazine groups is 1. The number of ether oxygens (including phenoxy) is 1. The van der Waals surface area contributed by atoms with Crippen molar-refractivity contribution in [1.29, 1.82) is 0 Å². The van der Waals surface area contributed by atoms with Crippen LogP contribution in [0.5, 0.6) is 0 Å². The molecule has 19 heavy (non-hydrogen) atoms. The average Bonchev–Trinajstić information content (AvgIpc) is 3.02. The van der Waals surface area contributed by atoms with E-state index >= 15 is 0 Å². The van der Waals surface area contributed by atoms with Gasteiger partial charge in [0.05, 0.1) is 16.8 Å². The molecule has 0 saturated heterocycles. The van der Waals surface area contributed by atoms with E-state index in [4.69, 9.17) is 22.2 Å². The van der Waals surface area contributed by atoms with E-state index < -0.39 is 0 Å². The molecular formula is C12H17ClN4OS. The first-order valence-electron chi connectivity index (χ1n) is 5.97. The standard InChI is InChI=1S/C12H17ClN4OS/c1-18-7-2-6-17-10(3-5-15-17)11(16-14)12-9(13)4-8-19-12/h3-5,8,11,16H,2,6-7,14H2,1H3. The van der Waals surface area contributed by atoms with Crippen LogP contribution in [-0.2, 0) is 11.3 Å². The van der Waals surface area contributed by atoms with Gasteiger partial charge in [0, 0.05) is 31.3 Å². The molecular weight excluding hydrogens is 284 g/mol. The molecule has 7 heteroatoms. The maximum Gasteiger partial charge on any atom is 0.0984 e. The third-order valence-electron chi connectivity index (χ3n) is 2.84. The van der Waals surface area contributed by atoms with E-state index in [9.17, 15) is 0 Å². The molecule has 0 aliphatic carbocycles. The molecule has 2 heterocycles. The van der Waals surface area contributed by atoms with Gasteiger partial charge in [-0.05, 0) is 23.9 Å². The number of hydrogen-bond donors (Lipinski definition) is 2. The SMILES string of the molecule is COCCCn1nccc1C(NN)c1sccc1Cl. The summed E-state index contributed by atoms with van der Waals surface area (Å²) in [6, 6.07) is 3.68. The van der Waals surface area contributed by atoms with Gasteiger partial charge in [-0.3, -0.25) is 10.5 Å². The largest absolute Gasteiger partial charge is 0.385 e. The van der Waals surface area contributed by atoms with Gasteiger partial charge in [-0.15, -0.1) is 11.3 Å². The molecule has 0 saturated carbocycles. The molecule has 0 aliphatic rings. The van der Waals surface area contributed by atoms with Crippen molar-refractivity contribution in [2.24, 2.45) is 5.84 Å². The van der Waals surface area contributed by atoms with Gasteiger partial charge in [-0.1, -0.05) is 11.6 Å². The summed E-state index contributed by atoms with van der Waals surface area (Å²) in [4.78, 5) is 0.998. The Labute approximate surface area is 121 Å². The summed E-state index contributed by atoms with van der Waals surface area (Å²) in [6.45, 7) is 1.50. The van der Waals surface area contributed by atoms with Crippen LogP contribution in [0.4, 0.5) is 0 Å². The number of nitrogens with two attached hydrogens (primary N) is 1. The fourth-order valence-corrected chi connectivity index (χ4v) is 3.18. The van der Waals surface area contributed by atoms with E-state index in [0.29, 0.717) is 6.61 Å². The van der Waals surface area contributed by atoms with Gasteiger partial charge in [-0.2, -0.15) is 5.10 Å². The number of nitrogens with zero attached hydrogens (tertiary/aromatic N) is 2. The van der Waals surface area contributed by atoms with Crippen LogP contribution in [0.2, 0.25) is 5.02 Å². The van der Waals surface area contributed by atoms with Gasteiger partial charge in [0.2, 0.25) is 0 Å². The van der Waals surface area contributed by atoms with Crippen LogP contribution >= 0.6 is 22.9 Å². The monoisotopic (exact) mass is 300 g/mol. The normalized spacial score (nSPS) is 12.8. The lowest BCUT2D eigenvalue weighted by molar-refractivity contribution is 0.188. The zero-order valence-electron chi connectivity index (χ0n) is 10.7. The highest BCUT2D eigenvalue weighted by Gasteiger charge is 2.20. The van der Waals surface area contributed by atoms with Crippen LogP contribution in [0, 0.1) is 0 Å². The first-order valence-corrected chi connectivity index (χ1v) is 7.23. The van der Waals surface area contributed by atoms with Crippen molar-refractivity contribution in [3.63, 3.8) is 0 Å². The molecule has 2 aromatic heterocycles. The summed E-state index contributed by atoms with van der Waals surface area (Å²) < 4.78 is 6.99. The number of nitrogens with one attached hydrogen (secondary N) is 1. The van der Waals surface area contributed by atoms with Gasteiger partial charge in [0.15, 0.2) is 0 Å². The fourth-order valence-electron chi connectivity index (χ4n) is 1.94. The average molecular weight is 301 g/mol. The van der Waals surface area contributed by atoms with Crippen molar-refractivity contribution in [2.75, 3.05) is 13.7 Å². The topological polar surface area (TPSA) is 65.1 Å². The van der Waals surface area contributed by atoms with Gasteiger partial charge >= 0.3 is 0 Å². The minimum absolute atomic E-state index is 0.141. The Bertz CT molecular complexity index is 513. The first kappa shape index (κ1) is 14.5. The number of thiophene rings is 1. The highest BCUT2D eigenvalue weighted by atomic mass is 35.5. The molecule has 2 rings (SSSR count). The van der Waals surface area contributed by atoms with Crippen LogP contribution in [0.1, 0.15) is 23.0 Å². The number of methoxy groups -OCH3 is 1. The maximum atomic E-state index is 6.17. The molecule has 104 valence electrons. The molecule has 2 aromatic rings. The summed E-state index contributed by atoms with van der Waals surface area (Å²) in [5.41, 5.74) is 3.82. The molecule has 0 aliphatic heterocycles. The molecule has 0 spiro atoms. The molecule has 0 amide bonds. The van der Waals surface area contributed by atoms with Crippen molar-refractivity contribution < 1.29 is 4.74 Å². The first-order chi connectivity index (χ1) is 9.27. The quantitative estimate of drug-likeness (QED) is 0.467. The number of hydrogen-bond acceptors (Lipinski definition) is 5. The second kappa shape index (κ2) is 7.02. The highest BCUT2D eigenvalue weighted by Crippen LogP contribution is 2.32. The minimum Gasteiger partial charge on any atom is -0.385 e. The Morgan fingerprint density at radius 2 is 2.42 bits per heavy atom. The minimum atomic E-state index is -0.141. The molecule has 0 radical (unpaired) electrons. The van der Waals surface area contributed by atoms with E-state index in [1.54, 1.807) is 24.6 Å². The van der Waals surface area contributed by atoms with Crippen molar-refractivity contribution in [3.05, 3.63) is 39.3 Å². The van der Waals surface area contributed by atoms with E-state index in [2.05, 4.69) is 10.5 Å². The number of aromatic nitrogens is 2. The number of rotatable bonds is 7. The molecule has 0 fully saturated rings. The molecule has 0 bridgehead atoms. The predicted octanol–water partition coefficient (Wildman–Crippen LogP) is 2.19. The summed E-state index contributed by atoms with van der Waals surface area (Å²) in [7, 11) is 1.69. The second-order valence-electron chi connectivity index (χ2n) is 4.06. The Kier molecular flexibility index (Phi) is 5.35. The third-order valence-corrected chi connectivity index (χ3v) is 4.26. The van der Waals surface area contributed by atoms with Gasteiger partial charge < -0.3 is 4.74 Å². The zero-order valence-corrected chi connectivity index (χ0v) is 12.2. The van der Waals surface area contributed by atoms with Gasteiger partial charge in [0.25, 0.3) is 0 Å². The molecule has 5 nitrogen and oxygen atoms in total. The zero-order chi connectivity index (χ0) is 13.7. The van der Waals surface area contributed by atoms with E-state index in [0.717, 1.165) is 28.6 Å². The molecule has 1 unspecified atom stereocenters. The summed E-state index contributed by atoms with van der Waals surface area (Å²) in [6.07, 6.45) is 2.68. The fraction of sp³-hybridized carbons (Fsp3) is 0.417.